The molecule has 0 fully saturated rings. The Morgan fingerprint density at radius 3 is 1.16 bits per heavy atom. The van der Waals surface area contributed by atoms with Crippen molar-refractivity contribution in [2.24, 2.45) is 0 Å². The zero-order chi connectivity index (χ0) is 45.8. The molecule has 63 heavy (non-hydrogen) atoms. The number of unbranched alkanes of at least 4 members (excludes halogenated alkanes) is 33. The smallest absolute Gasteiger partial charge is 0.222 e. The second kappa shape index (κ2) is 52.7. The summed E-state index contributed by atoms with van der Waals surface area (Å²) in [5.41, 5.74) is 0. The lowest BCUT2D eigenvalue weighted by Gasteiger charge is -2.21. The van der Waals surface area contributed by atoms with E-state index in [4.69, 9.17) is 0 Å². The molecule has 0 saturated heterocycles. The quantitative estimate of drug-likeness (QED) is 0.0362. The van der Waals surface area contributed by atoms with Gasteiger partial charge in [0.2, 0.25) is 5.91 Å². The van der Waals surface area contributed by atoms with Crippen LogP contribution in [-0.2, 0) is 4.79 Å². The van der Waals surface area contributed by atoms with Gasteiger partial charge in [0, 0.05) is 0 Å². The number of aliphatic hydroxyl groups excluding tert-OH is 3. The molecular weight excluding hydrogens is 775 g/mol. The number of aliphatic hydroxyl groups is 3. The molecule has 0 spiro atoms. The van der Waals surface area contributed by atoms with Crippen molar-refractivity contribution in [1.29, 1.82) is 0 Å². The van der Waals surface area contributed by atoms with Crippen LogP contribution in [0.4, 0.5) is 0 Å². The first-order chi connectivity index (χ1) is 31.0. The molecule has 0 aliphatic rings. The molecule has 368 valence electrons. The fraction of sp³-hybridized carbons (Fsp3) is 0.810. The Morgan fingerprint density at radius 2 is 0.762 bits per heavy atom. The number of rotatable bonds is 50. The van der Waals surface area contributed by atoms with Gasteiger partial charge in [-0.2, -0.15) is 0 Å². The van der Waals surface area contributed by atoms with Crippen molar-refractivity contribution in [3.63, 3.8) is 0 Å². The van der Waals surface area contributed by atoms with Gasteiger partial charge in [-0.25, -0.2) is 0 Å². The maximum absolute atomic E-state index is 12.4. The van der Waals surface area contributed by atoms with Gasteiger partial charge in [0.1, 0.15) is 0 Å². The molecule has 0 aliphatic carbocycles. The van der Waals surface area contributed by atoms with E-state index in [1.165, 1.54) is 199 Å². The van der Waals surface area contributed by atoms with E-state index >= 15 is 0 Å². The average Bonchev–Trinajstić information content (AvgIpc) is 3.28. The molecule has 0 rings (SSSR count). The summed E-state index contributed by atoms with van der Waals surface area (Å²) in [7, 11) is 0. The van der Waals surface area contributed by atoms with Crippen molar-refractivity contribution in [3.8, 4) is 0 Å². The Morgan fingerprint density at radius 1 is 0.413 bits per heavy atom. The lowest BCUT2D eigenvalue weighted by atomic mass is 10.0. The monoisotopic (exact) mass is 882 g/mol. The molecular formula is C58H107NO4. The molecule has 0 aromatic carbocycles. The molecule has 5 heteroatoms. The number of carbonyl (C=O) groups is 1. The van der Waals surface area contributed by atoms with Gasteiger partial charge in [0.05, 0.1) is 31.3 Å². The van der Waals surface area contributed by atoms with Crippen molar-refractivity contribution in [2.75, 3.05) is 6.61 Å². The highest BCUT2D eigenvalue weighted by Crippen LogP contribution is 2.17. The van der Waals surface area contributed by atoms with Crippen LogP contribution in [0.5, 0.6) is 0 Å². The number of allylic oxidation sites excluding steroid dienone is 9. The summed E-state index contributed by atoms with van der Waals surface area (Å²) in [5, 5.41) is 33.2. The molecule has 4 N–H and O–H groups in total. The minimum atomic E-state index is -0.960. The van der Waals surface area contributed by atoms with Crippen LogP contribution in [0.1, 0.15) is 277 Å². The molecule has 0 saturated carbocycles. The van der Waals surface area contributed by atoms with Crippen LogP contribution in [-0.4, -0.2) is 46.1 Å². The highest BCUT2D eigenvalue weighted by molar-refractivity contribution is 5.76. The first-order valence-corrected chi connectivity index (χ1v) is 27.6. The summed E-state index contributed by atoms with van der Waals surface area (Å²) in [5.74, 6) is -0.331. The number of hydrogen-bond donors (Lipinski definition) is 4. The average molecular weight is 882 g/mol. The van der Waals surface area contributed by atoms with Crippen LogP contribution in [0, 0.1) is 0 Å². The highest BCUT2D eigenvalue weighted by Gasteiger charge is 2.20. The van der Waals surface area contributed by atoms with Gasteiger partial charge in [-0.3, -0.25) is 4.79 Å². The molecule has 0 aliphatic heterocycles. The van der Waals surface area contributed by atoms with E-state index in [2.05, 4.69) is 67.8 Å². The Labute approximate surface area is 392 Å². The number of hydrogen-bond acceptors (Lipinski definition) is 4. The molecule has 0 aromatic heterocycles. The molecule has 1 amide bonds. The largest absolute Gasteiger partial charge is 0.394 e. The summed E-state index contributed by atoms with van der Waals surface area (Å²) in [6.45, 7) is 4.13. The summed E-state index contributed by atoms with van der Waals surface area (Å²) >= 11 is 0. The van der Waals surface area contributed by atoms with Crippen molar-refractivity contribution in [3.05, 3.63) is 60.8 Å². The van der Waals surface area contributed by atoms with E-state index in [1.807, 2.05) is 6.08 Å². The third kappa shape index (κ3) is 49.3. The van der Waals surface area contributed by atoms with Gasteiger partial charge in [-0.1, -0.05) is 261 Å². The van der Waals surface area contributed by atoms with Crippen molar-refractivity contribution in [1.82, 2.24) is 5.32 Å². The molecule has 0 heterocycles. The minimum absolute atomic E-state index is 0.000825. The van der Waals surface area contributed by atoms with Gasteiger partial charge < -0.3 is 20.6 Å². The third-order valence-electron chi connectivity index (χ3n) is 12.5. The predicted molar refractivity (Wildman–Crippen MR) is 277 cm³/mol. The van der Waals surface area contributed by atoms with E-state index in [0.29, 0.717) is 6.42 Å². The van der Waals surface area contributed by atoms with Crippen LogP contribution in [0.2, 0.25) is 0 Å². The van der Waals surface area contributed by atoms with E-state index < -0.39 is 18.2 Å². The van der Waals surface area contributed by atoms with Gasteiger partial charge >= 0.3 is 0 Å². The van der Waals surface area contributed by atoms with Crippen molar-refractivity contribution < 1.29 is 20.1 Å². The van der Waals surface area contributed by atoms with E-state index in [9.17, 15) is 20.1 Å². The Balaban J connectivity index is 3.49. The lowest BCUT2D eigenvalue weighted by Crippen LogP contribution is -2.45. The van der Waals surface area contributed by atoms with E-state index in [-0.39, 0.29) is 18.9 Å². The predicted octanol–water partition coefficient (Wildman–Crippen LogP) is 17.0. The fourth-order valence-corrected chi connectivity index (χ4v) is 8.29. The minimum Gasteiger partial charge on any atom is -0.394 e. The molecule has 3 unspecified atom stereocenters. The van der Waals surface area contributed by atoms with E-state index in [1.54, 1.807) is 6.08 Å². The van der Waals surface area contributed by atoms with Crippen LogP contribution < -0.4 is 5.32 Å². The van der Waals surface area contributed by atoms with Crippen LogP contribution in [0.25, 0.3) is 0 Å². The SMILES string of the molecule is CCC/C=C/CC/C=C/CC/C=C/C(O)C(CO)NC(=O)CC(O)CCCCCCCCCCCCCCCCC/C=C\C/C=C\CCCCCCCCCCCCCCCCC. The fourth-order valence-electron chi connectivity index (χ4n) is 8.29. The third-order valence-corrected chi connectivity index (χ3v) is 12.5. The number of nitrogens with one attached hydrogen (secondary N) is 1. The highest BCUT2D eigenvalue weighted by atomic mass is 16.3. The molecule has 3 atom stereocenters. The summed E-state index contributed by atoms with van der Waals surface area (Å²) in [6, 6.07) is -0.768. The standard InChI is InChI=1S/C58H107NO4/c1-3-5-7-9-11-13-15-16-17-18-19-20-21-22-23-24-25-26-27-28-29-30-31-32-33-34-35-36-37-38-39-40-42-43-45-47-49-51-55(61)53-58(63)59-56(54-60)57(62)52-50-48-46-44-41-14-12-10-8-6-4-2/h8,10,25-26,28-29,41,44,50,52,55-57,60-62H,3-7,9,11-24,27,30-40,42-43,45-49,51,53-54H2,1-2H3,(H,59,63)/b10-8+,26-25-,29-28-,44-41+,52-50+. The zero-order valence-electron chi connectivity index (χ0n) is 42.0. The van der Waals surface area contributed by atoms with E-state index in [0.717, 1.165) is 51.4 Å². The van der Waals surface area contributed by atoms with Crippen LogP contribution in [0.3, 0.4) is 0 Å². The van der Waals surface area contributed by atoms with Crippen LogP contribution >= 0.6 is 0 Å². The first kappa shape index (κ1) is 61.0. The summed E-state index contributed by atoms with van der Waals surface area (Å²) < 4.78 is 0. The summed E-state index contributed by atoms with van der Waals surface area (Å²) in [6.07, 6.45) is 71.5. The van der Waals surface area contributed by atoms with Gasteiger partial charge in [0.25, 0.3) is 0 Å². The van der Waals surface area contributed by atoms with Crippen molar-refractivity contribution in [2.45, 2.75) is 295 Å². The second-order valence-corrected chi connectivity index (χ2v) is 18.8. The van der Waals surface area contributed by atoms with Gasteiger partial charge in [-0.05, 0) is 70.6 Å². The van der Waals surface area contributed by atoms with Gasteiger partial charge in [0.15, 0.2) is 0 Å². The maximum atomic E-state index is 12.4. The molecule has 0 radical (unpaired) electrons. The lowest BCUT2D eigenvalue weighted by molar-refractivity contribution is -0.124. The zero-order valence-corrected chi connectivity index (χ0v) is 42.0. The molecule has 0 aromatic rings. The molecule has 0 bridgehead atoms. The van der Waals surface area contributed by atoms with Gasteiger partial charge in [-0.15, -0.1) is 0 Å². The van der Waals surface area contributed by atoms with Crippen LogP contribution in [0.15, 0.2) is 60.8 Å². The normalized spacial score (nSPS) is 13.8. The maximum Gasteiger partial charge on any atom is 0.222 e. The topological polar surface area (TPSA) is 89.8 Å². The Bertz CT molecular complexity index is 1060. The number of amides is 1. The number of carbonyl (C=O) groups excluding carboxylic acids is 1. The second-order valence-electron chi connectivity index (χ2n) is 18.8. The first-order valence-electron chi connectivity index (χ1n) is 27.6. The molecule has 5 nitrogen and oxygen atoms in total. The summed E-state index contributed by atoms with van der Waals surface area (Å²) in [4.78, 5) is 12.4. The Kier molecular flexibility index (Phi) is 51.0. The van der Waals surface area contributed by atoms with Crippen molar-refractivity contribution >= 4 is 5.91 Å². The Hall–Kier alpha value is -1.95.